The van der Waals surface area contributed by atoms with E-state index in [2.05, 4.69) is 25.8 Å². The predicted octanol–water partition coefficient (Wildman–Crippen LogP) is 3.28. The maximum Gasteiger partial charge on any atom is 0.271 e. The molecule has 0 radical (unpaired) electrons. The van der Waals surface area contributed by atoms with E-state index in [0.717, 1.165) is 29.6 Å². The Morgan fingerprint density at radius 1 is 1.41 bits per heavy atom. The van der Waals surface area contributed by atoms with Crippen molar-refractivity contribution in [1.29, 1.82) is 0 Å². The van der Waals surface area contributed by atoms with E-state index >= 15 is 0 Å². The number of aromatic nitrogens is 2. The lowest BCUT2D eigenvalue weighted by Gasteiger charge is -2.17. The molecule has 2 aromatic rings. The van der Waals surface area contributed by atoms with Gasteiger partial charge in [-0.2, -0.15) is 0 Å². The summed E-state index contributed by atoms with van der Waals surface area (Å²) in [6.07, 6.45) is 3.80. The van der Waals surface area contributed by atoms with Crippen LogP contribution in [0.3, 0.4) is 0 Å². The van der Waals surface area contributed by atoms with Gasteiger partial charge in [-0.05, 0) is 29.7 Å². The highest BCUT2D eigenvalue weighted by Crippen LogP contribution is 2.20. The number of rotatable bonds is 3. The van der Waals surface area contributed by atoms with Crippen LogP contribution < -0.4 is 5.56 Å². The first-order valence-electron chi connectivity index (χ1n) is 5.90. The molecule has 2 aromatic heterocycles. The van der Waals surface area contributed by atoms with Crippen molar-refractivity contribution >= 4 is 21.6 Å². The molecule has 0 unspecified atom stereocenters. The van der Waals surface area contributed by atoms with Crippen LogP contribution in [0.5, 0.6) is 0 Å². The van der Waals surface area contributed by atoms with Gasteiger partial charge in [0.2, 0.25) is 0 Å². The van der Waals surface area contributed by atoms with E-state index in [-0.39, 0.29) is 5.56 Å². The quantitative estimate of drug-likeness (QED) is 0.838. The van der Waals surface area contributed by atoms with Gasteiger partial charge in [0.1, 0.15) is 4.70 Å². The molecule has 3 nitrogen and oxygen atoms in total. The normalized spacial score (nSPS) is 12.2. The maximum atomic E-state index is 12.1. The second kappa shape index (κ2) is 4.61. The van der Waals surface area contributed by atoms with Gasteiger partial charge in [-0.15, -0.1) is 11.3 Å². The minimum Gasteiger partial charge on any atom is -0.298 e. The second-order valence-electron chi connectivity index (χ2n) is 5.54. The molecule has 0 aromatic carbocycles. The summed E-state index contributed by atoms with van der Waals surface area (Å²) < 4.78 is 2.49. The molecule has 2 heterocycles. The molecule has 0 saturated carbocycles. The summed E-state index contributed by atoms with van der Waals surface area (Å²) in [5.74, 6) is 0. The first-order valence-corrected chi connectivity index (χ1v) is 6.78. The molecule has 0 bridgehead atoms. The smallest absolute Gasteiger partial charge is 0.271 e. The van der Waals surface area contributed by atoms with E-state index in [1.807, 2.05) is 11.4 Å². The van der Waals surface area contributed by atoms with Crippen molar-refractivity contribution in [2.45, 2.75) is 40.2 Å². The predicted molar refractivity (Wildman–Crippen MR) is 72.6 cm³/mol. The summed E-state index contributed by atoms with van der Waals surface area (Å²) >= 11 is 1.47. The topological polar surface area (TPSA) is 34.9 Å². The van der Waals surface area contributed by atoms with E-state index in [4.69, 9.17) is 0 Å². The van der Waals surface area contributed by atoms with Gasteiger partial charge in [-0.25, -0.2) is 4.98 Å². The Bertz CT molecular complexity index is 563. The largest absolute Gasteiger partial charge is 0.298 e. The molecule has 0 atom stereocenters. The Balaban J connectivity index is 2.14. The highest BCUT2D eigenvalue weighted by molar-refractivity contribution is 7.17. The fraction of sp³-hybridized carbons (Fsp3) is 0.538. The molecule has 0 saturated heterocycles. The standard InChI is InChI=1S/C13H18N2OS/c1-13(2,3)6-4-7-15-9-14-10-5-8-17-11(10)12(15)16/h5,8-9H,4,6-7H2,1-3H3. The van der Waals surface area contributed by atoms with Crippen molar-refractivity contribution in [2.24, 2.45) is 5.41 Å². The summed E-state index contributed by atoms with van der Waals surface area (Å²) in [5.41, 5.74) is 1.23. The monoisotopic (exact) mass is 250 g/mol. The zero-order chi connectivity index (χ0) is 12.5. The molecule has 2 rings (SSSR count). The zero-order valence-corrected chi connectivity index (χ0v) is 11.4. The number of fused-ring (bicyclic) bond motifs is 1. The van der Waals surface area contributed by atoms with Gasteiger partial charge in [-0.3, -0.25) is 9.36 Å². The van der Waals surface area contributed by atoms with Gasteiger partial charge in [0.25, 0.3) is 5.56 Å². The maximum absolute atomic E-state index is 12.1. The van der Waals surface area contributed by atoms with E-state index in [0.29, 0.717) is 5.41 Å². The fourth-order valence-electron chi connectivity index (χ4n) is 1.82. The summed E-state index contributed by atoms with van der Waals surface area (Å²) in [7, 11) is 0. The first kappa shape index (κ1) is 12.3. The van der Waals surface area contributed by atoms with Crippen LogP contribution in [0.1, 0.15) is 33.6 Å². The van der Waals surface area contributed by atoms with E-state index < -0.39 is 0 Å². The molecule has 92 valence electrons. The Hall–Kier alpha value is -1.16. The molecule has 0 N–H and O–H groups in total. The van der Waals surface area contributed by atoms with Crippen molar-refractivity contribution in [3.05, 3.63) is 28.1 Å². The third kappa shape index (κ3) is 2.94. The lowest BCUT2D eigenvalue weighted by Crippen LogP contribution is -2.20. The van der Waals surface area contributed by atoms with E-state index in [1.54, 1.807) is 10.9 Å². The zero-order valence-electron chi connectivity index (χ0n) is 10.6. The van der Waals surface area contributed by atoms with Crippen molar-refractivity contribution in [2.75, 3.05) is 0 Å². The highest BCUT2D eigenvalue weighted by Gasteiger charge is 2.10. The van der Waals surface area contributed by atoms with Gasteiger partial charge < -0.3 is 0 Å². The average Bonchev–Trinajstić information content (AvgIpc) is 2.68. The van der Waals surface area contributed by atoms with Gasteiger partial charge in [0.15, 0.2) is 0 Å². The number of hydrogen-bond acceptors (Lipinski definition) is 3. The highest BCUT2D eigenvalue weighted by atomic mass is 32.1. The van der Waals surface area contributed by atoms with Crippen LogP contribution in [-0.2, 0) is 6.54 Å². The van der Waals surface area contributed by atoms with Crippen LogP contribution in [0, 0.1) is 5.41 Å². The van der Waals surface area contributed by atoms with Gasteiger partial charge in [0, 0.05) is 6.54 Å². The lowest BCUT2D eigenvalue weighted by molar-refractivity contribution is 0.352. The summed E-state index contributed by atoms with van der Waals surface area (Å²) in [6.45, 7) is 7.42. The van der Waals surface area contributed by atoms with Crippen LogP contribution in [0.4, 0.5) is 0 Å². The minimum atomic E-state index is 0.0962. The molecular weight excluding hydrogens is 232 g/mol. The second-order valence-corrected chi connectivity index (χ2v) is 6.46. The molecule has 0 amide bonds. The average molecular weight is 250 g/mol. The summed E-state index contributed by atoms with van der Waals surface area (Å²) in [5, 5.41) is 1.92. The molecule has 0 spiro atoms. The summed E-state index contributed by atoms with van der Waals surface area (Å²) in [4.78, 5) is 16.4. The number of thiophene rings is 1. The van der Waals surface area contributed by atoms with E-state index in [1.165, 1.54) is 11.3 Å². The van der Waals surface area contributed by atoms with Crippen molar-refractivity contribution in [3.8, 4) is 0 Å². The molecule has 0 aliphatic rings. The van der Waals surface area contributed by atoms with Gasteiger partial charge in [-0.1, -0.05) is 20.8 Å². The van der Waals surface area contributed by atoms with E-state index in [9.17, 15) is 4.79 Å². The minimum absolute atomic E-state index is 0.0962. The Morgan fingerprint density at radius 3 is 2.88 bits per heavy atom. The third-order valence-electron chi connectivity index (χ3n) is 2.76. The van der Waals surface area contributed by atoms with Gasteiger partial charge >= 0.3 is 0 Å². The van der Waals surface area contributed by atoms with Gasteiger partial charge in [0.05, 0.1) is 11.8 Å². The van der Waals surface area contributed by atoms with Crippen molar-refractivity contribution in [3.63, 3.8) is 0 Å². The molecular formula is C13H18N2OS. The van der Waals surface area contributed by atoms with Crippen molar-refractivity contribution in [1.82, 2.24) is 9.55 Å². The molecule has 4 heteroatoms. The number of aryl methyl sites for hydroxylation is 1. The third-order valence-corrected chi connectivity index (χ3v) is 3.65. The van der Waals surface area contributed by atoms with Crippen LogP contribution >= 0.6 is 11.3 Å². The lowest BCUT2D eigenvalue weighted by atomic mass is 9.91. The Kier molecular flexibility index (Phi) is 3.33. The van der Waals surface area contributed by atoms with Crippen LogP contribution in [0.25, 0.3) is 10.2 Å². The molecule has 0 fully saturated rings. The van der Waals surface area contributed by atoms with Crippen LogP contribution in [-0.4, -0.2) is 9.55 Å². The van der Waals surface area contributed by atoms with Crippen LogP contribution in [0.15, 0.2) is 22.6 Å². The molecule has 17 heavy (non-hydrogen) atoms. The Labute approximate surface area is 105 Å². The molecule has 0 aliphatic carbocycles. The van der Waals surface area contributed by atoms with Crippen LogP contribution in [0.2, 0.25) is 0 Å². The summed E-state index contributed by atoms with van der Waals surface area (Å²) in [6, 6.07) is 1.89. The first-order chi connectivity index (χ1) is 7.97. The van der Waals surface area contributed by atoms with Crippen molar-refractivity contribution < 1.29 is 0 Å². The molecule has 0 aliphatic heterocycles. The number of nitrogens with zero attached hydrogens (tertiary/aromatic N) is 2. The number of hydrogen-bond donors (Lipinski definition) is 0. The fourth-order valence-corrected chi connectivity index (χ4v) is 2.61. The SMILES string of the molecule is CC(C)(C)CCCn1cnc2ccsc2c1=O. The Morgan fingerprint density at radius 2 is 2.18 bits per heavy atom.